The summed E-state index contributed by atoms with van der Waals surface area (Å²) < 4.78 is 12.6. The topological polar surface area (TPSA) is 85.5 Å². The molecule has 2 aromatic carbocycles. The Labute approximate surface area is 150 Å². The molecule has 0 unspecified atom stereocenters. The predicted octanol–water partition coefficient (Wildman–Crippen LogP) is 1.73. The van der Waals surface area contributed by atoms with Crippen LogP contribution >= 0.6 is 0 Å². The molecule has 0 saturated heterocycles. The molecule has 0 aliphatic carbocycles. The summed E-state index contributed by atoms with van der Waals surface area (Å²) in [6.45, 7) is 0.851. The second-order valence-corrected chi connectivity index (χ2v) is 5.98. The summed E-state index contributed by atoms with van der Waals surface area (Å²) in [4.78, 5) is 1.93. The summed E-state index contributed by atoms with van der Waals surface area (Å²) >= 11 is 0. The van der Waals surface area contributed by atoms with E-state index in [1.807, 2.05) is 47.4 Å². The van der Waals surface area contributed by atoms with Crippen LogP contribution in [0.4, 0.5) is 5.95 Å². The van der Waals surface area contributed by atoms with E-state index in [-0.39, 0.29) is 0 Å². The van der Waals surface area contributed by atoms with Crippen LogP contribution in [0.3, 0.4) is 0 Å². The number of tetrazole rings is 1. The molecule has 2 heterocycles. The fourth-order valence-electron chi connectivity index (χ4n) is 3.34. The van der Waals surface area contributed by atoms with Crippen LogP contribution in [0, 0.1) is 0 Å². The van der Waals surface area contributed by atoms with Crippen molar-refractivity contribution in [3.8, 4) is 17.2 Å². The van der Waals surface area contributed by atoms with Crippen molar-refractivity contribution >= 4 is 5.95 Å². The molecular formula is C18H19N5O3. The Balaban J connectivity index is 1.76. The number of aromatic nitrogens is 4. The molecule has 1 N–H and O–H groups in total. The van der Waals surface area contributed by atoms with Gasteiger partial charge in [0.15, 0.2) is 0 Å². The van der Waals surface area contributed by atoms with Crippen molar-refractivity contribution in [2.24, 2.45) is 0 Å². The van der Waals surface area contributed by atoms with Gasteiger partial charge in [-0.15, -0.1) is 0 Å². The zero-order valence-electron chi connectivity index (χ0n) is 14.5. The smallest absolute Gasteiger partial charge is 0.250 e. The Morgan fingerprint density at radius 1 is 1.04 bits per heavy atom. The van der Waals surface area contributed by atoms with Gasteiger partial charge < -0.3 is 19.5 Å². The second-order valence-electron chi connectivity index (χ2n) is 5.98. The number of ether oxygens (including phenoxy) is 2. The fourth-order valence-corrected chi connectivity index (χ4v) is 3.34. The Morgan fingerprint density at radius 2 is 1.77 bits per heavy atom. The first-order chi connectivity index (χ1) is 12.7. The highest BCUT2D eigenvalue weighted by Gasteiger charge is 2.32. The quantitative estimate of drug-likeness (QED) is 0.764. The Hall–Kier alpha value is -3.13. The maximum absolute atomic E-state index is 10.8. The molecule has 0 saturated carbocycles. The van der Waals surface area contributed by atoms with E-state index in [2.05, 4.69) is 15.5 Å². The lowest BCUT2D eigenvalue weighted by molar-refractivity contribution is 0.169. The van der Waals surface area contributed by atoms with E-state index in [0.717, 1.165) is 16.8 Å². The summed E-state index contributed by atoms with van der Waals surface area (Å²) in [5.74, 6) is 1.91. The standard InChI is InChI=1S/C18H19N5O3/c1-25-15-8-9-16(26-2)17-13(15)10-22(11-14(17)24)18-19-20-21-23(18)12-6-4-3-5-7-12/h3-9,14,24H,10-11H2,1-2H3/t14-/m0/s1. The lowest BCUT2D eigenvalue weighted by Crippen LogP contribution is -2.36. The third kappa shape index (κ3) is 2.64. The number of hydrogen-bond donors (Lipinski definition) is 1. The molecule has 0 amide bonds. The first kappa shape index (κ1) is 16.3. The van der Waals surface area contributed by atoms with Gasteiger partial charge in [0, 0.05) is 11.1 Å². The summed E-state index contributed by atoms with van der Waals surface area (Å²) in [7, 11) is 3.21. The average molecular weight is 353 g/mol. The zero-order chi connectivity index (χ0) is 18.1. The number of aliphatic hydroxyl groups is 1. The molecule has 8 nitrogen and oxygen atoms in total. The number of hydrogen-bond acceptors (Lipinski definition) is 7. The van der Waals surface area contributed by atoms with Gasteiger partial charge >= 0.3 is 0 Å². The van der Waals surface area contributed by atoms with Crippen molar-refractivity contribution < 1.29 is 14.6 Å². The van der Waals surface area contributed by atoms with Crippen LogP contribution in [-0.4, -0.2) is 46.1 Å². The molecule has 134 valence electrons. The van der Waals surface area contributed by atoms with E-state index in [1.165, 1.54) is 0 Å². The highest BCUT2D eigenvalue weighted by molar-refractivity contribution is 5.55. The number of para-hydroxylation sites is 1. The molecule has 1 aliphatic rings. The minimum Gasteiger partial charge on any atom is -0.496 e. The number of nitrogens with zero attached hydrogens (tertiary/aromatic N) is 5. The number of benzene rings is 2. The molecule has 3 aromatic rings. The Morgan fingerprint density at radius 3 is 2.50 bits per heavy atom. The van der Waals surface area contributed by atoms with E-state index in [9.17, 15) is 5.11 Å². The van der Waals surface area contributed by atoms with Gasteiger partial charge in [-0.3, -0.25) is 0 Å². The molecule has 4 rings (SSSR count). The average Bonchev–Trinajstić information content (AvgIpc) is 3.17. The molecular weight excluding hydrogens is 334 g/mol. The summed E-state index contributed by atoms with van der Waals surface area (Å²) in [5.41, 5.74) is 2.47. The van der Waals surface area contributed by atoms with Crippen LogP contribution in [0.15, 0.2) is 42.5 Å². The predicted molar refractivity (Wildman–Crippen MR) is 94.7 cm³/mol. The maximum Gasteiger partial charge on any atom is 0.250 e. The van der Waals surface area contributed by atoms with Crippen molar-refractivity contribution in [3.05, 3.63) is 53.6 Å². The number of rotatable bonds is 4. The van der Waals surface area contributed by atoms with E-state index >= 15 is 0 Å². The largest absolute Gasteiger partial charge is 0.496 e. The van der Waals surface area contributed by atoms with Crippen molar-refractivity contribution in [3.63, 3.8) is 0 Å². The molecule has 1 atom stereocenters. The second kappa shape index (κ2) is 6.64. The number of fused-ring (bicyclic) bond motifs is 1. The zero-order valence-corrected chi connectivity index (χ0v) is 14.5. The van der Waals surface area contributed by atoms with Crippen molar-refractivity contribution in [2.45, 2.75) is 12.6 Å². The fraction of sp³-hybridized carbons (Fsp3) is 0.278. The molecule has 8 heteroatoms. The maximum atomic E-state index is 10.8. The highest BCUT2D eigenvalue weighted by Crippen LogP contribution is 2.40. The number of β-amino-alcohol motifs (C(OH)–C–C–N with tert-alkyl or cyclic N) is 1. The molecule has 26 heavy (non-hydrogen) atoms. The Kier molecular flexibility index (Phi) is 4.18. The molecule has 1 aromatic heterocycles. The van der Waals surface area contributed by atoms with E-state index in [0.29, 0.717) is 30.5 Å². The van der Waals surface area contributed by atoms with Crippen LogP contribution in [0.2, 0.25) is 0 Å². The SMILES string of the molecule is COc1ccc(OC)c2c1CN(c1nnnn1-c1ccccc1)C[C@@H]2O. The van der Waals surface area contributed by atoms with Crippen LogP contribution in [-0.2, 0) is 6.54 Å². The van der Waals surface area contributed by atoms with Gasteiger partial charge in [-0.2, -0.15) is 4.68 Å². The lowest BCUT2D eigenvalue weighted by atomic mass is 9.95. The number of methoxy groups -OCH3 is 2. The summed E-state index contributed by atoms with van der Waals surface area (Å²) in [5, 5.41) is 22.8. The monoisotopic (exact) mass is 353 g/mol. The van der Waals surface area contributed by atoms with Crippen molar-refractivity contribution in [1.82, 2.24) is 20.2 Å². The van der Waals surface area contributed by atoms with Gasteiger partial charge in [-0.05, 0) is 34.7 Å². The van der Waals surface area contributed by atoms with Gasteiger partial charge in [-0.25, -0.2) is 0 Å². The van der Waals surface area contributed by atoms with Gasteiger partial charge in [-0.1, -0.05) is 23.3 Å². The van der Waals surface area contributed by atoms with Crippen LogP contribution in [0.1, 0.15) is 17.2 Å². The third-order valence-electron chi connectivity index (χ3n) is 4.53. The van der Waals surface area contributed by atoms with Gasteiger partial charge in [0.2, 0.25) is 0 Å². The summed E-state index contributed by atoms with van der Waals surface area (Å²) in [6, 6.07) is 13.3. The van der Waals surface area contributed by atoms with Gasteiger partial charge in [0.1, 0.15) is 17.6 Å². The normalized spacial score (nSPS) is 16.3. The first-order valence-electron chi connectivity index (χ1n) is 8.23. The van der Waals surface area contributed by atoms with Gasteiger partial charge in [0.25, 0.3) is 5.95 Å². The number of anilines is 1. The minimum absolute atomic E-state index is 0.351. The van der Waals surface area contributed by atoms with Crippen LogP contribution < -0.4 is 14.4 Å². The molecule has 0 fully saturated rings. The van der Waals surface area contributed by atoms with E-state index in [1.54, 1.807) is 18.9 Å². The highest BCUT2D eigenvalue weighted by atomic mass is 16.5. The van der Waals surface area contributed by atoms with E-state index < -0.39 is 6.10 Å². The lowest BCUT2D eigenvalue weighted by Gasteiger charge is -2.34. The van der Waals surface area contributed by atoms with Crippen molar-refractivity contribution in [2.75, 3.05) is 25.7 Å². The first-order valence-corrected chi connectivity index (χ1v) is 8.23. The van der Waals surface area contributed by atoms with Crippen LogP contribution in [0.25, 0.3) is 5.69 Å². The molecule has 0 bridgehead atoms. The van der Waals surface area contributed by atoms with E-state index in [4.69, 9.17) is 9.47 Å². The Bertz CT molecular complexity index is 912. The van der Waals surface area contributed by atoms with Crippen LogP contribution in [0.5, 0.6) is 11.5 Å². The minimum atomic E-state index is -0.746. The summed E-state index contributed by atoms with van der Waals surface area (Å²) in [6.07, 6.45) is -0.746. The number of aliphatic hydroxyl groups excluding tert-OH is 1. The van der Waals surface area contributed by atoms with Crippen molar-refractivity contribution in [1.29, 1.82) is 0 Å². The molecule has 1 aliphatic heterocycles. The molecule has 0 radical (unpaired) electrons. The van der Waals surface area contributed by atoms with Gasteiger partial charge in [0.05, 0.1) is 33.0 Å². The molecule has 0 spiro atoms. The third-order valence-corrected chi connectivity index (χ3v) is 4.53.